The Morgan fingerprint density at radius 2 is 1.83 bits per heavy atom. The molecule has 1 N–H and O–H groups in total. The number of nitrogens with one attached hydrogen (secondary N) is 1. The van der Waals surface area contributed by atoms with Crippen molar-refractivity contribution in [1.29, 1.82) is 0 Å². The van der Waals surface area contributed by atoms with Crippen LogP contribution in [0.5, 0.6) is 0 Å². The molecule has 1 amide bonds. The van der Waals surface area contributed by atoms with Crippen molar-refractivity contribution in [2.45, 2.75) is 58.0 Å². The average Bonchev–Trinajstić information content (AvgIpc) is 3.21. The van der Waals surface area contributed by atoms with Crippen LogP contribution in [0.25, 0.3) is 21.8 Å². The highest BCUT2D eigenvalue weighted by Crippen LogP contribution is 2.36. The van der Waals surface area contributed by atoms with Gasteiger partial charge >= 0.3 is 0 Å². The quantitative estimate of drug-likeness (QED) is 0.648. The van der Waals surface area contributed by atoms with Crippen molar-refractivity contribution >= 4 is 17.2 Å². The Bertz CT molecular complexity index is 1080. The Kier molecular flexibility index (Phi) is 6.08. The fraction of sp³-hybridized carbons (Fsp3) is 0.391. The molecule has 1 aliphatic carbocycles. The summed E-state index contributed by atoms with van der Waals surface area (Å²) in [6, 6.07) is 13.2. The smallest absolute Gasteiger partial charge is 0.280 e. The van der Waals surface area contributed by atoms with Gasteiger partial charge in [-0.25, -0.2) is 9.67 Å². The van der Waals surface area contributed by atoms with Crippen molar-refractivity contribution in [3.05, 3.63) is 57.8 Å². The number of thiazole rings is 1. The van der Waals surface area contributed by atoms with Crippen LogP contribution in [-0.2, 0) is 0 Å². The molecule has 4 rings (SSSR count). The molecular formula is C23H26N4O2S. The van der Waals surface area contributed by atoms with Gasteiger partial charge in [-0.1, -0.05) is 49.6 Å². The van der Waals surface area contributed by atoms with Gasteiger partial charge in [-0.15, -0.1) is 11.3 Å². The molecule has 156 valence electrons. The average molecular weight is 423 g/mol. The third-order valence-corrected chi connectivity index (χ3v) is 6.43. The van der Waals surface area contributed by atoms with Crippen molar-refractivity contribution in [3.8, 4) is 21.8 Å². The molecule has 6 nitrogen and oxygen atoms in total. The highest BCUT2D eigenvalue weighted by Gasteiger charge is 2.23. The summed E-state index contributed by atoms with van der Waals surface area (Å²) in [5.74, 6) is -0.132. The Hall–Kier alpha value is -2.80. The van der Waals surface area contributed by atoms with E-state index in [9.17, 15) is 9.59 Å². The zero-order chi connectivity index (χ0) is 21.1. The minimum atomic E-state index is -0.144. The SMILES string of the molecule is CC(C)n1nc(-c2sc(C(=O)NC3CCCCC3)nc2-c2ccccc2)ccc1=O. The lowest BCUT2D eigenvalue weighted by atomic mass is 9.95. The van der Waals surface area contributed by atoms with Crippen LogP contribution in [0.1, 0.15) is 61.8 Å². The zero-order valence-corrected chi connectivity index (χ0v) is 18.1. The second-order valence-electron chi connectivity index (χ2n) is 7.97. The van der Waals surface area contributed by atoms with E-state index in [-0.39, 0.29) is 23.6 Å². The first-order valence-corrected chi connectivity index (χ1v) is 11.3. The monoisotopic (exact) mass is 422 g/mol. The first kappa shape index (κ1) is 20.5. The molecule has 0 bridgehead atoms. The zero-order valence-electron chi connectivity index (χ0n) is 17.3. The van der Waals surface area contributed by atoms with Gasteiger partial charge in [0.15, 0.2) is 5.01 Å². The maximum Gasteiger partial charge on any atom is 0.280 e. The van der Waals surface area contributed by atoms with Crippen LogP contribution in [0.15, 0.2) is 47.3 Å². The molecule has 1 saturated carbocycles. The summed E-state index contributed by atoms with van der Waals surface area (Å²) in [5, 5.41) is 8.14. The Morgan fingerprint density at radius 1 is 1.10 bits per heavy atom. The molecule has 0 saturated heterocycles. The molecule has 0 radical (unpaired) electrons. The maximum absolute atomic E-state index is 12.9. The first-order chi connectivity index (χ1) is 14.5. The van der Waals surface area contributed by atoms with Crippen LogP contribution in [0.4, 0.5) is 0 Å². The fourth-order valence-corrected chi connectivity index (χ4v) is 4.75. The lowest BCUT2D eigenvalue weighted by Gasteiger charge is -2.22. The van der Waals surface area contributed by atoms with E-state index in [1.807, 2.05) is 44.2 Å². The van der Waals surface area contributed by atoms with Crippen molar-refractivity contribution in [2.24, 2.45) is 0 Å². The lowest BCUT2D eigenvalue weighted by Crippen LogP contribution is -2.36. The minimum Gasteiger partial charge on any atom is -0.347 e. The molecule has 1 aliphatic rings. The van der Waals surface area contributed by atoms with Gasteiger partial charge < -0.3 is 5.32 Å². The highest BCUT2D eigenvalue weighted by molar-refractivity contribution is 7.17. The number of nitrogens with zero attached hydrogens (tertiary/aromatic N) is 3. The molecule has 3 aromatic rings. The van der Waals surface area contributed by atoms with Gasteiger partial charge in [-0.3, -0.25) is 9.59 Å². The highest BCUT2D eigenvalue weighted by atomic mass is 32.1. The lowest BCUT2D eigenvalue weighted by molar-refractivity contribution is 0.0927. The summed E-state index contributed by atoms with van der Waals surface area (Å²) in [5.41, 5.74) is 2.14. The van der Waals surface area contributed by atoms with E-state index in [1.54, 1.807) is 6.07 Å². The molecule has 7 heteroatoms. The van der Waals surface area contributed by atoms with Gasteiger partial charge in [0.25, 0.3) is 11.5 Å². The molecule has 1 fully saturated rings. The van der Waals surface area contributed by atoms with E-state index in [1.165, 1.54) is 28.5 Å². The molecule has 30 heavy (non-hydrogen) atoms. The van der Waals surface area contributed by atoms with E-state index in [4.69, 9.17) is 4.98 Å². The minimum absolute atomic E-state index is 0.0559. The van der Waals surface area contributed by atoms with E-state index in [0.717, 1.165) is 41.8 Å². The third-order valence-electron chi connectivity index (χ3n) is 5.36. The van der Waals surface area contributed by atoms with Gasteiger partial charge in [0.05, 0.1) is 16.6 Å². The second-order valence-corrected chi connectivity index (χ2v) is 8.97. The maximum atomic E-state index is 12.9. The first-order valence-electron chi connectivity index (χ1n) is 10.5. The predicted molar refractivity (Wildman–Crippen MR) is 120 cm³/mol. The third kappa shape index (κ3) is 4.36. The van der Waals surface area contributed by atoms with Crippen LogP contribution in [0.3, 0.4) is 0 Å². The standard InChI is InChI=1S/C23H26N4O2S/c1-15(2)27-19(28)14-13-18(26-27)21-20(16-9-5-3-6-10-16)25-23(30-21)22(29)24-17-11-7-4-8-12-17/h3,5-6,9-10,13-15,17H,4,7-8,11-12H2,1-2H3,(H,24,29). The fourth-order valence-electron chi connectivity index (χ4n) is 3.79. The summed E-state index contributed by atoms with van der Waals surface area (Å²) < 4.78 is 1.46. The van der Waals surface area contributed by atoms with Crippen molar-refractivity contribution in [2.75, 3.05) is 0 Å². The Balaban J connectivity index is 1.74. The number of rotatable bonds is 5. The van der Waals surface area contributed by atoms with Crippen LogP contribution >= 0.6 is 11.3 Å². The number of benzene rings is 1. The topological polar surface area (TPSA) is 76.9 Å². The van der Waals surface area contributed by atoms with E-state index in [2.05, 4.69) is 10.4 Å². The van der Waals surface area contributed by atoms with E-state index < -0.39 is 0 Å². The molecule has 2 aromatic heterocycles. The van der Waals surface area contributed by atoms with Crippen molar-refractivity contribution in [3.63, 3.8) is 0 Å². The molecule has 2 heterocycles. The van der Waals surface area contributed by atoms with Crippen LogP contribution in [0.2, 0.25) is 0 Å². The van der Waals surface area contributed by atoms with Gasteiger partial charge in [-0.2, -0.15) is 5.10 Å². The summed E-state index contributed by atoms with van der Waals surface area (Å²) in [4.78, 5) is 30.6. The largest absolute Gasteiger partial charge is 0.347 e. The Morgan fingerprint density at radius 3 is 2.53 bits per heavy atom. The molecule has 0 aliphatic heterocycles. The van der Waals surface area contributed by atoms with Crippen molar-refractivity contribution < 1.29 is 4.79 Å². The molecule has 0 atom stereocenters. The summed E-state index contributed by atoms with van der Waals surface area (Å²) in [6.45, 7) is 3.85. The summed E-state index contributed by atoms with van der Waals surface area (Å²) in [7, 11) is 0. The normalized spacial score (nSPS) is 14.8. The molecular weight excluding hydrogens is 396 g/mol. The second kappa shape index (κ2) is 8.92. The molecule has 0 unspecified atom stereocenters. The van der Waals surface area contributed by atoms with Gasteiger partial charge in [0.1, 0.15) is 5.69 Å². The van der Waals surface area contributed by atoms with E-state index >= 15 is 0 Å². The van der Waals surface area contributed by atoms with Gasteiger partial charge in [0.2, 0.25) is 0 Å². The molecule has 0 spiro atoms. The predicted octanol–water partition coefficient (Wildman–Crippen LogP) is 4.68. The van der Waals surface area contributed by atoms with Crippen LogP contribution in [-0.4, -0.2) is 26.7 Å². The van der Waals surface area contributed by atoms with Crippen LogP contribution in [0, 0.1) is 0 Å². The number of amides is 1. The summed E-state index contributed by atoms with van der Waals surface area (Å²) in [6.07, 6.45) is 5.60. The number of hydrogen-bond donors (Lipinski definition) is 1. The van der Waals surface area contributed by atoms with Gasteiger partial charge in [-0.05, 0) is 32.8 Å². The number of aromatic nitrogens is 3. The number of hydrogen-bond acceptors (Lipinski definition) is 5. The van der Waals surface area contributed by atoms with Crippen LogP contribution < -0.4 is 10.9 Å². The van der Waals surface area contributed by atoms with Gasteiger partial charge in [0, 0.05) is 17.7 Å². The Labute approximate surface area is 180 Å². The van der Waals surface area contributed by atoms with E-state index in [0.29, 0.717) is 10.7 Å². The number of carbonyl (C=O) groups excluding carboxylic acids is 1. The summed E-state index contributed by atoms with van der Waals surface area (Å²) >= 11 is 1.33. The van der Waals surface area contributed by atoms with Crippen molar-refractivity contribution in [1.82, 2.24) is 20.1 Å². The molecule has 1 aromatic carbocycles. The number of carbonyl (C=O) groups is 1.